The molecule has 0 bridgehead atoms. The maximum Gasteiger partial charge on any atom is 0.253 e. The Kier molecular flexibility index (Phi) is 7.52. The van der Waals surface area contributed by atoms with Crippen LogP contribution in [0.2, 0.25) is 0 Å². The molecule has 0 fully saturated rings. The SMILES string of the molecule is CCCNc1ccc(C)cc1C(=O)NC(C)CSCC. The van der Waals surface area contributed by atoms with Gasteiger partial charge >= 0.3 is 0 Å². The Morgan fingerprint density at radius 1 is 1.35 bits per heavy atom. The fourth-order valence-electron chi connectivity index (χ4n) is 1.90. The van der Waals surface area contributed by atoms with E-state index in [-0.39, 0.29) is 11.9 Å². The van der Waals surface area contributed by atoms with Crippen LogP contribution in [0.1, 0.15) is 43.1 Å². The second-order valence-corrected chi connectivity index (χ2v) is 6.33. The number of hydrogen-bond donors (Lipinski definition) is 2. The molecular weight excluding hydrogens is 268 g/mol. The summed E-state index contributed by atoms with van der Waals surface area (Å²) in [5.74, 6) is 2.04. The lowest BCUT2D eigenvalue weighted by molar-refractivity contribution is 0.0944. The number of benzene rings is 1. The standard InChI is InChI=1S/C16H26N2OS/c1-5-9-17-15-8-7-12(3)10-14(15)16(19)18-13(4)11-20-6-2/h7-8,10,13,17H,5-6,9,11H2,1-4H3,(H,18,19). The Bertz CT molecular complexity index is 434. The molecule has 1 aromatic rings. The number of rotatable bonds is 8. The van der Waals surface area contributed by atoms with Crippen molar-refractivity contribution in [2.24, 2.45) is 0 Å². The van der Waals surface area contributed by atoms with E-state index in [4.69, 9.17) is 0 Å². The van der Waals surface area contributed by atoms with E-state index < -0.39 is 0 Å². The predicted molar refractivity (Wildman–Crippen MR) is 89.9 cm³/mol. The molecule has 1 amide bonds. The van der Waals surface area contributed by atoms with Crippen LogP contribution < -0.4 is 10.6 Å². The van der Waals surface area contributed by atoms with E-state index in [1.54, 1.807) is 0 Å². The molecule has 0 heterocycles. The fraction of sp³-hybridized carbons (Fsp3) is 0.562. The Labute approximate surface area is 126 Å². The third-order valence-corrected chi connectivity index (χ3v) is 4.08. The van der Waals surface area contributed by atoms with Gasteiger partial charge in [0.25, 0.3) is 5.91 Å². The molecular formula is C16H26N2OS. The largest absolute Gasteiger partial charge is 0.384 e. The van der Waals surface area contributed by atoms with Gasteiger partial charge in [0.05, 0.1) is 5.56 Å². The molecule has 1 atom stereocenters. The quantitative estimate of drug-likeness (QED) is 0.768. The first-order valence-corrected chi connectivity index (χ1v) is 8.47. The highest BCUT2D eigenvalue weighted by molar-refractivity contribution is 7.99. The molecule has 0 aliphatic heterocycles. The van der Waals surface area contributed by atoms with Gasteiger partial charge < -0.3 is 10.6 Å². The van der Waals surface area contributed by atoms with Crippen LogP contribution in [0.3, 0.4) is 0 Å². The molecule has 1 aromatic carbocycles. The van der Waals surface area contributed by atoms with Gasteiger partial charge in [0.2, 0.25) is 0 Å². The second-order valence-electron chi connectivity index (χ2n) is 5.01. The predicted octanol–water partition coefficient (Wildman–Crippen LogP) is 3.69. The number of thioether (sulfide) groups is 1. The van der Waals surface area contributed by atoms with E-state index in [0.717, 1.165) is 41.3 Å². The average molecular weight is 294 g/mol. The maximum absolute atomic E-state index is 12.4. The van der Waals surface area contributed by atoms with Crippen molar-refractivity contribution < 1.29 is 4.79 Å². The van der Waals surface area contributed by atoms with Crippen LogP contribution in [0, 0.1) is 6.92 Å². The molecule has 20 heavy (non-hydrogen) atoms. The summed E-state index contributed by atoms with van der Waals surface area (Å²) in [5.41, 5.74) is 2.77. The van der Waals surface area contributed by atoms with E-state index in [2.05, 4.69) is 31.4 Å². The zero-order valence-electron chi connectivity index (χ0n) is 13.0. The van der Waals surface area contributed by atoms with Gasteiger partial charge in [-0.15, -0.1) is 0 Å². The lowest BCUT2D eigenvalue weighted by atomic mass is 10.1. The lowest BCUT2D eigenvalue weighted by Gasteiger charge is -2.16. The van der Waals surface area contributed by atoms with Gasteiger partial charge in [-0.1, -0.05) is 25.5 Å². The molecule has 0 aliphatic rings. The van der Waals surface area contributed by atoms with Gasteiger partial charge in [-0.25, -0.2) is 0 Å². The topological polar surface area (TPSA) is 41.1 Å². The van der Waals surface area contributed by atoms with Crippen LogP contribution in [0.15, 0.2) is 18.2 Å². The second kappa shape index (κ2) is 8.90. The van der Waals surface area contributed by atoms with E-state index in [9.17, 15) is 4.79 Å². The summed E-state index contributed by atoms with van der Waals surface area (Å²) >= 11 is 1.84. The first-order chi connectivity index (χ1) is 9.58. The summed E-state index contributed by atoms with van der Waals surface area (Å²) in [7, 11) is 0. The molecule has 112 valence electrons. The molecule has 0 aromatic heterocycles. The Morgan fingerprint density at radius 2 is 2.10 bits per heavy atom. The highest BCUT2D eigenvalue weighted by atomic mass is 32.2. The molecule has 1 unspecified atom stereocenters. The van der Waals surface area contributed by atoms with Crippen LogP contribution in [0.25, 0.3) is 0 Å². The number of aryl methyl sites for hydroxylation is 1. The molecule has 3 nitrogen and oxygen atoms in total. The van der Waals surface area contributed by atoms with Gasteiger partial charge in [0, 0.05) is 24.0 Å². The van der Waals surface area contributed by atoms with Crippen molar-refractivity contribution in [1.29, 1.82) is 0 Å². The number of carbonyl (C=O) groups excluding carboxylic acids is 1. The molecule has 0 aliphatic carbocycles. The average Bonchev–Trinajstić information content (AvgIpc) is 2.43. The number of amides is 1. The van der Waals surface area contributed by atoms with Crippen LogP contribution in [-0.2, 0) is 0 Å². The Morgan fingerprint density at radius 3 is 2.75 bits per heavy atom. The van der Waals surface area contributed by atoms with E-state index in [1.165, 1.54) is 0 Å². The van der Waals surface area contributed by atoms with Crippen LogP contribution in [-0.4, -0.2) is 30.0 Å². The van der Waals surface area contributed by atoms with Crippen molar-refractivity contribution in [3.05, 3.63) is 29.3 Å². The van der Waals surface area contributed by atoms with Crippen LogP contribution in [0.4, 0.5) is 5.69 Å². The highest BCUT2D eigenvalue weighted by Crippen LogP contribution is 2.18. The summed E-state index contributed by atoms with van der Waals surface area (Å²) in [5, 5.41) is 6.40. The summed E-state index contributed by atoms with van der Waals surface area (Å²) in [6.07, 6.45) is 1.04. The van der Waals surface area contributed by atoms with Crippen LogP contribution in [0.5, 0.6) is 0 Å². The van der Waals surface area contributed by atoms with Crippen molar-refractivity contribution in [3.8, 4) is 0 Å². The third-order valence-electron chi connectivity index (χ3n) is 2.93. The smallest absolute Gasteiger partial charge is 0.253 e. The van der Waals surface area contributed by atoms with E-state index in [1.807, 2.05) is 36.9 Å². The number of carbonyl (C=O) groups is 1. The van der Waals surface area contributed by atoms with Crippen molar-refractivity contribution in [2.75, 3.05) is 23.4 Å². The van der Waals surface area contributed by atoms with Gasteiger partial charge in [0.1, 0.15) is 0 Å². The Balaban J connectivity index is 2.76. The maximum atomic E-state index is 12.4. The summed E-state index contributed by atoms with van der Waals surface area (Å²) in [6.45, 7) is 9.19. The normalized spacial score (nSPS) is 12.0. The molecule has 0 saturated carbocycles. The molecule has 4 heteroatoms. The minimum absolute atomic E-state index is 0.0107. The van der Waals surface area contributed by atoms with E-state index >= 15 is 0 Å². The van der Waals surface area contributed by atoms with Crippen molar-refractivity contribution >= 4 is 23.4 Å². The monoisotopic (exact) mass is 294 g/mol. The number of hydrogen-bond acceptors (Lipinski definition) is 3. The lowest BCUT2D eigenvalue weighted by Crippen LogP contribution is -2.34. The van der Waals surface area contributed by atoms with Gasteiger partial charge in [-0.05, 0) is 38.2 Å². The van der Waals surface area contributed by atoms with Crippen molar-refractivity contribution in [3.63, 3.8) is 0 Å². The summed E-state index contributed by atoms with van der Waals surface area (Å²) in [6, 6.07) is 6.16. The Hall–Kier alpha value is -1.16. The minimum atomic E-state index is 0.0107. The first-order valence-electron chi connectivity index (χ1n) is 7.31. The third kappa shape index (κ3) is 5.45. The summed E-state index contributed by atoms with van der Waals surface area (Å²) in [4.78, 5) is 12.4. The molecule has 0 radical (unpaired) electrons. The molecule has 0 saturated heterocycles. The highest BCUT2D eigenvalue weighted by Gasteiger charge is 2.14. The first kappa shape index (κ1) is 16.9. The van der Waals surface area contributed by atoms with Gasteiger partial charge in [-0.2, -0.15) is 11.8 Å². The zero-order valence-corrected chi connectivity index (χ0v) is 13.8. The fourth-order valence-corrected chi connectivity index (χ4v) is 2.57. The van der Waals surface area contributed by atoms with Gasteiger partial charge in [0.15, 0.2) is 0 Å². The van der Waals surface area contributed by atoms with E-state index in [0.29, 0.717) is 0 Å². The number of anilines is 1. The minimum Gasteiger partial charge on any atom is -0.384 e. The number of nitrogens with one attached hydrogen (secondary N) is 2. The van der Waals surface area contributed by atoms with Crippen LogP contribution >= 0.6 is 11.8 Å². The molecule has 2 N–H and O–H groups in total. The zero-order chi connectivity index (χ0) is 15.0. The molecule has 1 rings (SSSR count). The van der Waals surface area contributed by atoms with Crippen molar-refractivity contribution in [2.45, 2.75) is 40.2 Å². The molecule has 0 spiro atoms. The van der Waals surface area contributed by atoms with Gasteiger partial charge in [-0.3, -0.25) is 4.79 Å². The summed E-state index contributed by atoms with van der Waals surface area (Å²) < 4.78 is 0. The van der Waals surface area contributed by atoms with Crippen molar-refractivity contribution in [1.82, 2.24) is 5.32 Å².